The number of hydrogen-bond donors (Lipinski definition) is 3. The van der Waals surface area contributed by atoms with Gasteiger partial charge in [-0.2, -0.15) is 13.2 Å². The average Bonchev–Trinajstić information content (AvgIpc) is 2.65. The number of halogens is 3. The number of nitrogens with zero attached hydrogens (tertiary/aromatic N) is 3. The Kier molecular flexibility index (Phi) is 6.61. The second-order valence-electron chi connectivity index (χ2n) is 5.89. The van der Waals surface area contributed by atoms with Gasteiger partial charge in [0.15, 0.2) is 5.52 Å². The Hall–Kier alpha value is -3.27. The molecule has 0 aliphatic rings. The number of H-pyrrole nitrogens is 1. The maximum Gasteiger partial charge on any atom is 0.471 e. The number of carbonyl (C=O) groups is 2. The Morgan fingerprint density at radius 3 is 2.40 bits per heavy atom. The largest absolute Gasteiger partial charge is 0.478 e. The van der Waals surface area contributed by atoms with Gasteiger partial charge in [0, 0.05) is 32.8 Å². The average molecular weight is 591 g/mol. The minimum absolute atomic E-state index is 0. The SMILES string of the molecule is Nc1cc2ncc(CN(C(=O)C(F)(F)F)c3ccc(C(=O)O)cc3)nc2c(=O)[nH]1.[W]. The van der Waals surface area contributed by atoms with Crippen molar-refractivity contribution in [2.75, 3.05) is 10.6 Å². The van der Waals surface area contributed by atoms with Crippen molar-refractivity contribution in [1.82, 2.24) is 15.0 Å². The molecular weight excluding hydrogens is 579 g/mol. The summed E-state index contributed by atoms with van der Waals surface area (Å²) in [6.45, 7) is -0.655. The Labute approximate surface area is 180 Å². The van der Waals surface area contributed by atoms with Crippen molar-refractivity contribution < 1.29 is 48.9 Å². The van der Waals surface area contributed by atoms with E-state index in [1.807, 2.05) is 0 Å². The number of benzene rings is 1. The van der Waals surface area contributed by atoms with Gasteiger partial charge in [0.2, 0.25) is 0 Å². The number of aromatic amines is 1. The van der Waals surface area contributed by atoms with Crippen molar-refractivity contribution in [3.63, 3.8) is 0 Å². The molecule has 9 nitrogen and oxygen atoms in total. The minimum atomic E-state index is -5.19. The predicted molar refractivity (Wildman–Crippen MR) is 95.2 cm³/mol. The number of nitrogen functional groups attached to an aromatic ring is 1. The van der Waals surface area contributed by atoms with Gasteiger partial charge in [-0.05, 0) is 24.3 Å². The standard InChI is InChI=1S/C17H12F3N5O4.W/c18-17(19,20)16(29)25(10-3-1-8(2-4-10)15(27)28)7-9-6-22-11-5-12(21)24-14(26)13(11)23-9;/h1-6H,7H2,(H,27,28)(H3,21,24,26);. The van der Waals surface area contributed by atoms with Crippen molar-refractivity contribution >= 4 is 34.4 Å². The summed E-state index contributed by atoms with van der Waals surface area (Å²) < 4.78 is 39.2. The van der Waals surface area contributed by atoms with Gasteiger partial charge in [-0.15, -0.1) is 0 Å². The second kappa shape index (κ2) is 8.62. The number of alkyl halides is 3. The van der Waals surface area contributed by atoms with Crippen LogP contribution < -0.4 is 16.2 Å². The summed E-state index contributed by atoms with van der Waals surface area (Å²) in [5.74, 6) is -3.42. The maximum absolute atomic E-state index is 13.1. The van der Waals surface area contributed by atoms with Crippen molar-refractivity contribution in [1.29, 1.82) is 0 Å². The summed E-state index contributed by atoms with van der Waals surface area (Å²) in [7, 11) is 0. The first-order chi connectivity index (χ1) is 13.6. The van der Waals surface area contributed by atoms with Gasteiger partial charge >= 0.3 is 18.1 Å². The van der Waals surface area contributed by atoms with Crippen LogP contribution in [0.5, 0.6) is 0 Å². The first kappa shape index (κ1) is 23.0. The van der Waals surface area contributed by atoms with Crippen molar-refractivity contribution in [3.8, 4) is 0 Å². The number of fused-ring (bicyclic) bond motifs is 1. The van der Waals surface area contributed by atoms with Crippen LogP contribution in [0, 0.1) is 0 Å². The molecule has 13 heteroatoms. The first-order valence-electron chi connectivity index (χ1n) is 7.93. The van der Waals surface area contributed by atoms with E-state index in [0.29, 0.717) is 4.90 Å². The van der Waals surface area contributed by atoms with E-state index < -0.39 is 30.2 Å². The minimum Gasteiger partial charge on any atom is -0.478 e. The number of nitrogens with one attached hydrogen (secondary N) is 1. The van der Waals surface area contributed by atoms with Crippen molar-refractivity contribution in [2.24, 2.45) is 0 Å². The molecule has 0 fully saturated rings. The Morgan fingerprint density at radius 1 is 1.20 bits per heavy atom. The number of hydrogen-bond acceptors (Lipinski definition) is 6. The number of aromatic nitrogens is 3. The molecule has 0 aliphatic carbocycles. The number of nitrogens with two attached hydrogens (primary N) is 1. The Balaban J connectivity index is 0.00000320. The van der Waals surface area contributed by atoms with Crippen LogP contribution in [0.3, 0.4) is 0 Å². The first-order valence-corrected chi connectivity index (χ1v) is 7.93. The quantitative estimate of drug-likeness (QED) is 0.420. The summed E-state index contributed by atoms with van der Waals surface area (Å²) in [6, 6.07) is 5.59. The fraction of sp³-hybridized carbons (Fsp3) is 0.118. The molecule has 0 saturated carbocycles. The van der Waals surface area contributed by atoms with E-state index in [1.165, 1.54) is 6.07 Å². The summed E-state index contributed by atoms with van der Waals surface area (Å²) >= 11 is 0. The number of pyridine rings is 1. The molecular formula is C17H12F3N5O4W. The summed E-state index contributed by atoms with van der Waals surface area (Å²) in [5.41, 5.74) is 4.33. The van der Waals surface area contributed by atoms with Crippen molar-refractivity contribution in [2.45, 2.75) is 12.7 Å². The fourth-order valence-electron chi connectivity index (χ4n) is 2.54. The summed E-state index contributed by atoms with van der Waals surface area (Å²) in [5, 5.41) is 8.91. The van der Waals surface area contributed by atoms with Gasteiger partial charge in [-0.3, -0.25) is 19.5 Å². The van der Waals surface area contributed by atoms with Crippen molar-refractivity contribution in [3.05, 3.63) is 58.1 Å². The monoisotopic (exact) mass is 591 g/mol. The molecule has 0 bridgehead atoms. The van der Waals surface area contributed by atoms with Gasteiger partial charge in [0.1, 0.15) is 5.82 Å². The smallest absolute Gasteiger partial charge is 0.471 e. The summed E-state index contributed by atoms with van der Waals surface area (Å²) in [4.78, 5) is 45.4. The zero-order valence-corrected chi connectivity index (χ0v) is 17.7. The normalized spacial score (nSPS) is 11.0. The molecule has 4 N–H and O–H groups in total. The van der Waals surface area contributed by atoms with E-state index in [4.69, 9.17) is 10.8 Å². The van der Waals surface area contributed by atoms with E-state index in [1.54, 1.807) is 0 Å². The fourth-order valence-corrected chi connectivity index (χ4v) is 2.54. The number of carboxylic acids is 1. The van der Waals surface area contributed by atoms with Gasteiger partial charge in [0.05, 0.1) is 29.5 Å². The van der Waals surface area contributed by atoms with Crippen LogP contribution in [0.4, 0.5) is 24.7 Å². The van der Waals surface area contributed by atoms with Crippen LogP contribution >= 0.6 is 0 Å². The molecule has 1 aromatic carbocycles. The number of aromatic carboxylic acids is 1. The molecule has 156 valence electrons. The zero-order valence-electron chi connectivity index (χ0n) is 14.8. The van der Waals surface area contributed by atoms with Crippen LogP contribution in [0.2, 0.25) is 0 Å². The third kappa shape index (κ3) is 4.82. The van der Waals surface area contributed by atoms with Crippen LogP contribution in [-0.2, 0) is 32.4 Å². The van der Waals surface area contributed by atoms with E-state index in [2.05, 4.69) is 15.0 Å². The molecule has 0 atom stereocenters. The van der Waals surface area contributed by atoms with Crippen LogP contribution in [-0.4, -0.2) is 38.1 Å². The molecule has 0 aliphatic heterocycles. The number of rotatable bonds is 4. The topological polar surface area (TPSA) is 142 Å². The van der Waals surface area contributed by atoms with Crippen LogP contribution in [0.1, 0.15) is 16.1 Å². The molecule has 0 saturated heterocycles. The van der Waals surface area contributed by atoms with E-state index in [0.717, 1.165) is 30.5 Å². The number of anilines is 2. The third-order valence-electron chi connectivity index (χ3n) is 3.85. The van der Waals surface area contributed by atoms with E-state index in [9.17, 15) is 27.6 Å². The molecule has 1 amide bonds. The molecule has 0 unspecified atom stereocenters. The molecule has 0 radical (unpaired) electrons. The number of carbonyl (C=O) groups excluding carboxylic acids is 1. The van der Waals surface area contributed by atoms with E-state index >= 15 is 0 Å². The zero-order chi connectivity index (χ0) is 21.3. The Bertz CT molecular complexity index is 1160. The molecule has 2 aromatic heterocycles. The third-order valence-corrected chi connectivity index (χ3v) is 3.85. The molecule has 3 aromatic rings. The molecule has 3 rings (SSSR count). The van der Waals surface area contributed by atoms with Gasteiger partial charge in [0.25, 0.3) is 5.56 Å². The predicted octanol–water partition coefficient (Wildman–Crippen LogP) is 1.69. The van der Waals surface area contributed by atoms with Gasteiger partial charge in [-0.25, -0.2) is 9.78 Å². The van der Waals surface area contributed by atoms with E-state index in [-0.39, 0.29) is 54.9 Å². The number of carboxylic acid groups (broad SMARTS) is 1. The molecule has 2 heterocycles. The maximum atomic E-state index is 13.1. The molecule has 30 heavy (non-hydrogen) atoms. The van der Waals surface area contributed by atoms with Gasteiger partial charge in [-0.1, -0.05) is 0 Å². The van der Waals surface area contributed by atoms with Gasteiger partial charge < -0.3 is 15.8 Å². The second-order valence-corrected chi connectivity index (χ2v) is 5.89. The van der Waals surface area contributed by atoms with Crippen LogP contribution in [0.25, 0.3) is 11.0 Å². The Morgan fingerprint density at radius 2 is 1.83 bits per heavy atom. The number of amides is 1. The summed E-state index contributed by atoms with van der Waals surface area (Å²) in [6.07, 6.45) is -4.08. The van der Waals surface area contributed by atoms with Crippen LogP contribution in [0.15, 0.2) is 41.3 Å². The molecule has 0 spiro atoms.